The maximum Gasteiger partial charge on any atom is 0.0248 e. The van der Waals surface area contributed by atoms with Crippen LogP contribution < -0.4 is 0 Å². The lowest BCUT2D eigenvalue weighted by atomic mass is 10.0. The van der Waals surface area contributed by atoms with Gasteiger partial charge in [-0.2, -0.15) is 0 Å². The van der Waals surface area contributed by atoms with Crippen molar-refractivity contribution in [2.75, 3.05) is 0 Å². The molecule has 2 rings (SSSR count). The van der Waals surface area contributed by atoms with E-state index in [2.05, 4.69) is 11.8 Å². The van der Waals surface area contributed by atoms with E-state index in [9.17, 15) is 0 Å². The van der Waals surface area contributed by atoms with Crippen LogP contribution in [0.15, 0.2) is 48.5 Å². The lowest BCUT2D eigenvalue weighted by Crippen LogP contribution is -1.80. The third-order valence-corrected chi connectivity index (χ3v) is 2.41. The number of terminal acetylenes is 2. The fraction of sp³-hybridized carbons (Fsp3) is 0. The molecule has 74 valence electrons. The van der Waals surface area contributed by atoms with E-state index in [-0.39, 0.29) is 0 Å². The summed E-state index contributed by atoms with van der Waals surface area (Å²) in [4.78, 5) is 0. The second-order valence-corrected chi connectivity index (χ2v) is 3.45. The molecule has 16 heavy (non-hydrogen) atoms. The maximum absolute atomic E-state index is 5.37. The predicted molar refractivity (Wildman–Crippen MR) is 67.7 cm³/mol. The highest BCUT2D eigenvalue weighted by Crippen LogP contribution is 2.20. The van der Waals surface area contributed by atoms with Gasteiger partial charge in [0.1, 0.15) is 0 Å². The molecule has 0 saturated heterocycles. The molecule has 0 aliphatic heterocycles. The van der Waals surface area contributed by atoms with Crippen LogP contribution in [0, 0.1) is 24.7 Å². The Balaban J connectivity index is 2.44. The third-order valence-electron chi connectivity index (χ3n) is 2.41. The molecule has 0 aliphatic carbocycles. The van der Waals surface area contributed by atoms with Gasteiger partial charge in [0.15, 0.2) is 0 Å². The van der Waals surface area contributed by atoms with E-state index in [4.69, 9.17) is 12.8 Å². The van der Waals surface area contributed by atoms with Crippen LogP contribution in [-0.4, -0.2) is 0 Å². The van der Waals surface area contributed by atoms with Crippen LogP contribution in [0.4, 0.5) is 0 Å². The first-order chi connectivity index (χ1) is 7.83. The van der Waals surface area contributed by atoms with Crippen molar-refractivity contribution >= 4 is 0 Å². The van der Waals surface area contributed by atoms with Crippen molar-refractivity contribution in [3.05, 3.63) is 59.7 Å². The summed E-state index contributed by atoms with van der Waals surface area (Å²) >= 11 is 0. The zero-order chi connectivity index (χ0) is 11.4. The highest BCUT2D eigenvalue weighted by atomic mass is 14.0. The van der Waals surface area contributed by atoms with E-state index in [1.807, 2.05) is 48.5 Å². The highest BCUT2D eigenvalue weighted by Gasteiger charge is 1.97. The van der Waals surface area contributed by atoms with Crippen molar-refractivity contribution in [1.82, 2.24) is 0 Å². The molecule has 0 atom stereocenters. The summed E-state index contributed by atoms with van der Waals surface area (Å²) < 4.78 is 0. The van der Waals surface area contributed by atoms with Crippen molar-refractivity contribution in [2.45, 2.75) is 0 Å². The van der Waals surface area contributed by atoms with E-state index in [0.29, 0.717) is 0 Å². The SMILES string of the molecule is C#Cc1ccc(-c2cccc(C#C)c2)cc1. The van der Waals surface area contributed by atoms with Gasteiger partial charge in [0.25, 0.3) is 0 Å². The van der Waals surface area contributed by atoms with Gasteiger partial charge in [-0.15, -0.1) is 12.8 Å². The number of hydrogen-bond donors (Lipinski definition) is 0. The minimum Gasteiger partial charge on any atom is -0.115 e. The van der Waals surface area contributed by atoms with Gasteiger partial charge in [-0.25, -0.2) is 0 Å². The molecule has 0 unspecified atom stereocenters. The van der Waals surface area contributed by atoms with Crippen LogP contribution in [-0.2, 0) is 0 Å². The van der Waals surface area contributed by atoms with Gasteiger partial charge in [-0.1, -0.05) is 36.1 Å². The number of benzene rings is 2. The number of hydrogen-bond acceptors (Lipinski definition) is 0. The van der Waals surface area contributed by atoms with E-state index < -0.39 is 0 Å². The summed E-state index contributed by atoms with van der Waals surface area (Å²) in [6, 6.07) is 15.8. The van der Waals surface area contributed by atoms with Gasteiger partial charge in [0.05, 0.1) is 0 Å². The second kappa shape index (κ2) is 4.39. The smallest absolute Gasteiger partial charge is 0.0248 e. The molecule has 2 aromatic rings. The second-order valence-electron chi connectivity index (χ2n) is 3.45. The van der Waals surface area contributed by atoms with Crippen LogP contribution >= 0.6 is 0 Å². The lowest BCUT2D eigenvalue weighted by Gasteiger charge is -2.02. The van der Waals surface area contributed by atoms with E-state index in [1.54, 1.807) is 0 Å². The van der Waals surface area contributed by atoms with Gasteiger partial charge < -0.3 is 0 Å². The highest BCUT2D eigenvalue weighted by molar-refractivity contribution is 5.66. The Morgan fingerprint density at radius 1 is 0.688 bits per heavy atom. The molecule has 0 nitrogen and oxygen atoms in total. The zero-order valence-corrected chi connectivity index (χ0v) is 8.77. The van der Waals surface area contributed by atoms with Gasteiger partial charge in [0, 0.05) is 11.1 Å². The van der Waals surface area contributed by atoms with Crippen LogP contribution in [0.2, 0.25) is 0 Å². The average molecular weight is 202 g/mol. The van der Waals surface area contributed by atoms with Crippen LogP contribution in [0.25, 0.3) is 11.1 Å². The quantitative estimate of drug-likeness (QED) is 0.622. The Morgan fingerprint density at radius 3 is 2.00 bits per heavy atom. The molecule has 2 aromatic carbocycles. The van der Waals surface area contributed by atoms with Crippen LogP contribution in [0.5, 0.6) is 0 Å². The maximum atomic E-state index is 5.37. The number of rotatable bonds is 1. The molecule has 0 aliphatic rings. The Morgan fingerprint density at radius 2 is 1.38 bits per heavy atom. The summed E-state index contributed by atoms with van der Waals surface area (Å²) in [5.41, 5.74) is 4.01. The molecule has 0 radical (unpaired) electrons. The Kier molecular flexibility index (Phi) is 2.77. The molecule has 0 heterocycles. The minimum absolute atomic E-state index is 0.886. The molecule has 0 fully saturated rings. The van der Waals surface area contributed by atoms with Crippen molar-refractivity contribution in [2.24, 2.45) is 0 Å². The first-order valence-electron chi connectivity index (χ1n) is 4.97. The Labute approximate surface area is 95.9 Å². The molecule has 0 aromatic heterocycles. The van der Waals surface area contributed by atoms with Crippen molar-refractivity contribution in [1.29, 1.82) is 0 Å². The average Bonchev–Trinajstić information content (AvgIpc) is 2.39. The Bertz CT molecular complexity index is 575. The molecule has 0 spiro atoms. The van der Waals surface area contributed by atoms with Gasteiger partial charge in [-0.05, 0) is 35.4 Å². The molecule has 0 amide bonds. The summed E-state index contributed by atoms with van der Waals surface area (Å²) in [6.07, 6.45) is 10.7. The largest absolute Gasteiger partial charge is 0.115 e. The standard InChI is InChI=1S/C16H10/c1-3-13-8-10-15(11-9-13)16-7-5-6-14(4-2)12-16/h1-2,5-12H. The fourth-order valence-electron chi connectivity index (χ4n) is 1.55. The van der Waals surface area contributed by atoms with E-state index in [1.165, 1.54) is 0 Å². The molecule has 0 heteroatoms. The van der Waals surface area contributed by atoms with Crippen molar-refractivity contribution in [3.63, 3.8) is 0 Å². The summed E-state index contributed by atoms with van der Waals surface area (Å²) in [5.74, 6) is 5.22. The zero-order valence-electron chi connectivity index (χ0n) is 8.77. The first-order valence-corrected chi connectivity index (χ1v) is 4.97. The predicted octanol–water partition coefficient (Wildman–Crippen LogP) is 3.32. The monoisotopic (exact) mass is 202 g/mol. The van der Waals surface area contributed by atoms with Crippen molar-refractivity contribution < 1.29 is 0 Å². The van der Waals surface area contributed by atoms with E-state index >= 15 is 0 Å². The minimum atomic E-state index is 0.886. The molecular formula is C16H10. The first kappa shape index (κ1) is 10.1. The topological polar surface area (TPSA) is 0 Å². The summed E-state index contributed by atoms with van der Waals surface area (Å²) in [5, 5.41) is 0. The fourth-order valence-corrected chi connectivity index (χ4v) is 1.55. The van der Waals surface area contributed by atoms with Crippen molar-refractivity contribution in [3.8, 4) is 35.8 Å². The lowest BCUT2D eigenvalue weighted by molar-refractivity contribution is 1.58. The molecule has 0 saturated carbocycles. The van der Waals surface area contributed by atoms with Gasteiger partial charge in [-0.3, -0.25) is 0 Å². The molecule has 0 N–H and O–H groups in total. The summed E-state index contributed by atoms with van der Waals surface area (Å²) in [7, 11) is 0. The Hall–Kier alpha value is -2.44. The van der Waals surface area contributed by atoms with Gasteiger partial charge >= 0.3 is 0 Å². The third kappa shape index (κ3) is 1.97. The molecule has 0 bridgehead atoms. The van der Waals surface area contributed by atoms with Crippen LogP contribution in [0.1, 0.15) is 11.1 Å². The van der Waals surface area contributed by atoms with E-state index in [0.717, 1.165) is 22.3 Å². The normalized spacial score (nSPS) is 9.12. The van der Waals surface area contributed by atoms with Crippen LogP contribution in [0.3, 0.4) is 0 Å². The van der Waals surface area contributed by atoms with Gasteiger partial charge in [0.2, 0.25) is 0 Å². The summed E-state index contributed by atoms with van der Waals surface area (Å²) in [6.45, 7) is 0. The molecular weight excluding hydrogens is 192 g/mol.